The Bertz CT molecular complexity index is 645. The van der Waals surface area contributed by atoms with Crippen molar-refractivity contribution >= 4 is 42.8 Å². The largest absolute Gasteiger partial charge is 0.462 e. The van der Waals surface area contributed by atoms with Crippen LogP contribution < -0.4 is 9.84 Å². The zero-order valence-electron chi connectivity index (χ0n) is 15.2. The molecule has 0 unspecified atom stereocenters. The summed E-state index contributed by atoms with van der Waals surface area (Å²) < 4.78 is 25.4. The van der Waals surface area contributed by atoms with E-state index in [0.29, 0.717) is 18.0 Å². The molecule has 0 saturated carbocycles. The van der Waals surface area contributed by atoms with E-state index < -0.39 is 18.7 Å². The lowest BCUT2D eigenvalue weighted by Crippen LogP contribution is -2.34. The van der Waals surface area contributed by atoms with Crippen LogP contribution in [-0.2, 0) is 18.9 Å². The third-order valence-corrected chi connectivity index (χ3v) is 8.68. The molecule has 0 spiro atoms. The highest BCUT2D eigenvalue weighted by Crippen LogP contribution is 2.63. The molecule has 1 rings (SSSR count). The fourth-order valence-corrected chi connectivity index (χ4v) is 6.18. The van der Waals surface area contributed by atoms with Crippen molar-refractivity contribution in [3.8, 4) is 5.75 Å². The summed E-state index contributed by atoms with van der Waals surface area (Å²) in [7, 11) is 0. The van der Waals surface area contributed by atoms with Crippen molar-refractivity contribution in [2.45, 2.75) is 39.8 Å². The number of nitrogens with one attached hydrogen (secondary N) is 1. The molecule has 0 aliphatic heterocycles. The maximum absolute atomic E-state index is 13.4. The van der Waals surface area contributed by atoms with Crippen LogP contribution in [0.25, 0.3) is 0 Å². The average Bonchev–Trinajstić information content (AvgIpc) is 2.57. The predicted molar refractivity (Wildman–Crippen MR) is 107 cm³/mol. The number of hydrogen-bond donors (Lipinski definition) is 2. The zero-order valence-corrected chi connectivity index (χ0v) is 17.9. The Morgan fingerprint density at radius 3 is 2.42 bits per heavy atom. The summed E-state index contributed by atoms with van der Waals surface area (Å²) in [6.07, 6.45) is -0.298. The molecule has 1 N–H and O–H groups in total. The molecule has 1 amide bonds. The second-order valence-corrected chi connectivity index (χ2v) is 10.8. The van der Waals surface area contributed by atoms with Gasteiger partial charge < -0.3 is 14.6 Å². The van der Waals surface area contributed by atoms with Gasteiger partial charge in [0.2, 0.25) is 5.91 Å². The molecule has 26 heavy (non-hydrogen) atoms. The third kappa shape index (κ3) is 7.61. The van der Waals surface area contributed by atoms with Gasteiger partial charge in [0.25, 0.3) is 0 Å². The van der Waals surface area contributed by atoms with Gasteiger partial charge in [-0.2, -0.15) is 0 Å². The number of ether oxygens (including phenoxy) is 1. The van der Waals surface area contributed by atoms with Crippen LogP contribution in [-0.4, -0.2) is 40.4 Å². The number of benzene rings is 1. The van der Waals surface area contributed by atoms with Crippen LogP contribution in [0.3, 0.4) is 0 Å². The number of para-hydroxylation sites is 1. The Morgan fingerprint density at radius 1 is 1.27 bits per heavy atom. The fourth-order valence-electron chi connectivity index (χ4n) is 1.77. The number of carbonyl (C=O) groups excluding carboxylic acids is 2. The van der Waals surface area contributed by atoms with Gasteiger partial charge in [-0.05, 0) is 44.3 Å². The summed E-state index contributed by atoms with van der Waals surface area (Å²) >= 11 is 5.27. The summed E-state index contributed by atoms with van der Waals surface area (Å²) in [5.41, 5.74) is 0. The number of carbonyl (C=O) groups is 2. The Labute approximate surface area is 164 Å². The molecule has 0 saturated heterocycles. The molecule has 0 aliphatic carbocycles. The number of hydrogen-bond acceptors (Lipinski definition) is 7. The monoisotopic (exact) mass is 420 g/mol. The van der Waals surface area contributed by atoms with Gasteiger partial charge in [0, 0.05) is 19.2 Å². The van der Waals surface area contributed by atoms with Gasteiger partial charge in [-0.3, -0.25) is 9.59 Å². The average molecular weight is 420 g/mol. The predicted octanol–water partition coefficient (Wildman–Crippen LogP) is 3.53. The van der Waals surface area contributed by atoms with E-state index in [1.807, 2.05) is 6.07 Å². The van der Waals surface area contributed by atoms with E-state index >= 15 is 0 Å². The van der Waals surface area contributed by atoms with E-state index in [0.717, 1.165) is 15.5 Å². The van der Waals surface area contributed by atoms with Crippen molar-refractivity contribution in [2.24, 2.45) is 0 Å². The number of rotatable bonds is 10. The van der Waals surface area contributed by atoms with Crippen LogP contribution in [0.1, 0.15) is 27.7 Å². The number of amides is 1. The molecule has 7 nitrogen and oxygen atoms in total. The van der Waals surface area contributed by atoms with E-state index in [9.17, 15) is 14.2 Å². The molecular weight excluding hydrogens is 395 g/mol. The van der Waals surface area contributed by atoms with Gasteiger partial charge in [0.15, 0.2) is 0 Å². The van der Waals surface area contributed by atoms with E-state index in [4.69, 9.17) is 9.26 Å². The Kier molecular flexibility index (Phi) is 9.57. The molecule has 0 heterocycles. The number of thiol groups is 1. The first-order valence-electron chi connectivity index (χ1n) is 8.08. The minimum absolute atomic E-state index is 0.180. The van der Waals surface area contributed by atoms with Crippen LogP contribution in [0.4, 0.5) is 0 Å². The first-order valence-corrected chi connectivity index (χ1v) is 11.6. The van der Waals surface area contributed by atoms with Crippen LogP contribution in [0.2, 0.25) is 0 Å². The lowest BCUT2D eigenvalue weighted by atomic mass is 10.3. The highest BCUT2D eigenvalue weighted by Gasteiger charge is 2.39. The maximum atomic E-state index is 13.4. The zero-order chi connectivity index (χ0) is 19.7. The SMILES string of the molecule is CC(=O)NCCS[P@](=O)(Oc1ccccc1)N(S)[C@@H](C)C(=O)OC(C)C. The summed E-state index contributed by atoms with van der Waals surface area (Å²) in [5.74, 6) is -0.00566. The number of nitrogens with zero attached hydrogens (tertiary/aromatic N) is 1. The lowest BCUT2D eigenvalue weighted by molar-refractivity contribution is -0.150. The first kappa shape index (κ1) is 22.9. The summed E-state index contributed by atoms with van der Waals surface area (Å²) in [4.78, 5) is 23.1. The van der Waals surface area contributed by atoms with E-state index in [-0.39, 0.29) is 12.0 Å². The van der Waals surface area contributed by atoms with Crippen molar-refractivity contribution in [1.82, 2.24) is 9.39 Å². The van der Waals surface area contributed by atoms with Crippen LogP contribution >= 0.6 is 30.9 Å². The van der Waals surface area contributed by atoms with Gasteiger partial charge in [-0.15, -0.1) is 4.08 Å². The highest BCUT2D eigenvalue weighted by molar-refractivity contribution is 8.56. The summed E-state index contributed by atoms with van der Waals surface area (Å²) in [5, 5.41) is 2.63. The fraction of sp³-hybridized carbons (Fsp3) is 0.500. The normalized spacial score (nSPS) is 14.6. The van der Waals surface area contributed by atoms with Crippen molar-refractivity contribution in [3.05, 3.63) is 30.3 Å². The molecule has 1 aromatic rings. The number of esters is 1. The molecular formula is C16H25N2O5PS2. The second-order valence-electron chi connectivity index (χ2n) is 5.67. The minimum Gasteiger partial charge on any atom is -0.462 e. The van der Waals surface area contributed by atoms with Gasteiger partial charge in [0.05, 0.1) is 6.10 Å². The van der Waals surface area contributed by atoms with Gasteiger partial charge in [-0.1, -0.05) is 31.0 Å². The quantitative estimate of drug-likeness (QED) is 0.259. The molecule has 10 heteroatoms. The van der Waals surface area contributed by atoms with E-state index in [1.54, 1.807) is 45.0 Å². The first-order chi connectivity index (χ1) is 12.2. The minimum atomic E-state index is -3.58. The molecule has 0 fully saturated rings. The van der Waals surface area contributed by atoms with E-state index in [1.165, 1.54) is 6.92 Å². The molecule has 0 radical (unpaired) electrons. The van der Waals surface area contributed by atoms with Crippen molar-refractivity contribution in [1.29, 1.82) is 0 Å². The Balaban J connectivity index is 2.92. The van der Waals surface area contributed by atoms with Gasteiger partial charge >= 0.3 is 12.7 Å². The summed E-state index contributed by atoms with van der Waals surface area (Å²) in [6.45, 7) is 3.15. The molecule has 0 aromatic heterocycles. The van der Waals surface area contributed by atoms with Crippen molar-refractivity contribution in [2.75, 3.05) is 12.3 Å². The molecule has 146 valence electrons. The smallest absolute Gasteiger partial charge is 0.387 e. The van der Waals surface area contributed by atoms with Gasteiger partial charge in [0.1, 0.15) is 11.8 Å². The lowest BCUT2D eigenvalue weighted by Gasteiger charge is -2.29. The second kappa shape index (κ2) is 10.9. The molecule has 0 bridgehead atoms. The standard InChI is InChI=1S/C16H25N2O5PS2/c1-12(2)22-16(20)13(3)18(25)24(21,26-11-10-17-14(4)19)23-15-8-6-5-7-9-15/h5-9,12-13,25H,10-11H2,1-4H3,(H,17,19)/t13-,24+/m0/s1. The highest BCUT2D eigenvalue weighted by atomic mass is 32.7. The summed E-state index contributed by atoms with van der Waals surface area (Å²) in [6, 6.07) is 7.76. The van der Waals surface area contributed by atoms with Crippen LogP contribution in [0.15, 0.2) is 30.3 Å². The molecule has 2 atom stereocenters. The van der Waals surface area contributed by atoms with Gasteiger partial charge in [-0.25, -0.2) is 4.57 Å². The van der Waals surface area contributed by atoms with Crippen LogP contribution in [0.5, 0.6) is 5.75 Å². The maximum Gasteiger partial charge on any atom is 0.387 e. The Hall–Kier alpha value is -1.15. The molecule has 0 aliphatic rings. The van der Waals surface area contributed by atoms with Crippen molar-refractivity contribution in [3.63, 3.8) is 0 Å². The third-order valence-electron chi connectivity index (χ3n) is 2.98. The van der Waals surface area contributed by atoms with Crippen molar-refractivity contribution < 1.29 is 23.4 Å². The van der Waals surface area contributed by atoms with Crippen LogP contribution in [0, 0.1) is 0 Å². The molecule has 1 aromatic carbocycles. The topological polar surface area (TPSA) is 84.9 Å². The Morgan fingerprint density at radius 2 is 1.88 bits per heavy atom. The van der Waals surface area contributed by atoms with E-state index in [2.05, 4.69) is 18.1 Å².